The first-order valence-electron chi connectivity index (χ1n) is 6.12. The van der Waals surface area contributed by atoms with Crippen molar-refractivity contribution < 1.29 is 9.53 Å². The number of carbonyl (C=O) groups excluding carboxylic acids is 1. The molecular formula is C14H13BrN2O2. The van der Waals surface area contributed by atoms with Gasteiger partial charge in [-0.25, -0.2) is 4.79 Å². The quantitative estimate of drug-likeness (QED) is 0.814. The molecule has 0 radical (unpaired) electrons. The molecule has 0 amide bonds. The van der Waals surface area contributed by atoms with Crippen LogP contribution >= 0.6 is 15.9 Å². The number of halogens is 1. The van der Waals surface area contributed by atoms with E-state index in [0.29, 0.717) is 6.61 Å². The molecule has 0 atom stereocenters. The van der Waals surface area contributed by atoms with Gasteiger partial charge < -0.3 is 4.74 Å². The fourth-order valence-corrected chi connectivity index (χ4v) is 2.32. The smallest absolute Gasteiger partial charge is 0.334 e. The molecule has 1 fully saturated rings. The zero-order chi connectivity index (χ0) is 13.3. The van der Waals surface area contributed by atoms with Gasteiger partial charge in [-0.15, -0.1) is 0 Å². The van der Waals surface area contributed by atoms with Crippen molar-refractivity contribution in [3.05, 3.63) is 52.8 Å². The molecule has 1 aliphatic rings. The summed E-state index contributed by atoms with van der Waals surface area (Å²) in [6.45, 7) is 0.309. The van der Waals surface area contributed by atoms with Crippen LogP contribution in [-0.4, -0.2) is 15.7 Å². The Kier molecular flexibility index (Phi) is 3.14. The van der Waals surface area contributed by atoms with Crippen molar-refractivity contribution in [1.29, 1.82) is 0 Å². The Hall–Kier alpha value is -1.62. The van der Waals surface area contributed by atoms with Crippen LogP contribution in [0.2, 0.25) is 0 Å². The van der Waals surface area contributed by atoms with E-state index < -0.39 is 5.54 Å². The standard InChI is InChI=1S/C14H13BrN2O2/c15-12-8-16-17(9-12)14(6-7-14)13(18)19-10-11-4-2-1-3-5-11/h1-5,8-9H,6-7,10H2. The second kappa shape index (κ2) is 4.81. The zero-order valence-corrected chi connectivity index (χ0v) is 11.8. The lowest BCUT2D eigenvalue weighted by atomic mass is 10.2. The Morgan fingerprint density at radius 3 is 2.68 bits per heavy atom. The Morgan fingerprint density at radius 2 is 2.11 bits per heavy atom. The summed E-state index contributed by atoms with van der Waals surface area (Å²) >= 11 is 3.34. The summed E-state index contributed by atoms with van der Waals surface area (Å²) in [5, 5.41) is 4.19. The molecule has 5 heteroatoms. The molecule has 19 heavy (non-hydrogen) atoms. The Labute approximate surface area is 119 Å². The van der Waals surface area contributed by atoms with E-state index in [0.717, 1.165) is 22.9 Å². The molecule has 1 aliphatic carbocycles. The van der Waals surface area contributed by atoms with Gasteiger partial charge in [0.1, 0.15) is 6.61 Å². The van der Waals surface area contributed by atoms with Gasteiger partial charge in [0.05, 0.1) is 10.7 Å². The molecule has 98 valence electrons. The van der Waals surface area contributed by atoms with Crippen LogP contribution < -0.4 is 0 Å². The molecule has 1 aromatic heterocycles. The SMILES string of the molecule is O=C(OCc1ccccc1)C1(n2cc(Br)cn2)CC1. The number of carbonyl (C=O) groups is 1. The molecule has 3 rings (SSSR count). The first-order chi connectivity index (χ1) is 9.21. The third-order valence-electron chi connectivity index (χ3n) is 3.31. The van der Waals surface area contributed by atoms with Crippen LogP contribution in [0.5, 0.6) is 0 Å². The Balaban J connectivity index is 1.68. The number of rotatable bonds is 4. The van der Waals surface area contributed by atoms with E-state index in [1.54, 1.807) is 10.9 Å². The van der Waals surface area contributed by atoms with Crippen molar-refractivity contribution in [1.82, 2.24) is 9.78 Å². The van der Waals surface area contributed by atoms with Crippen LogP contribution in [0.4, 0.5) is 0 Å². The van der Waals surface area contributed by atoms with Crippen LogP contribution in [0.1, 0.15) is 18.4 Å². The number of benzene rings is 1. The fourth-order valence-electron chi connectivity index (χ4n) is 2.04. The summed E-state index contributed by atoms with van der Waals surface area (Å²) in [5.41, 5.74) is 0.411. The van der Waals surface area contributed by atoms with Crippen LogP contribution in [0.3, 0.4) is 0 Å². The number of ether oxygens (including phenoxy) is 1. The van der Waals surface area contributed by atoms with Crippen molar-refractivity contribution in [2.24, 2.45) is 0 Å². The first-order valence-corrected chi connectivity index (χ1v) is 6.92. The molecule has 1 heterocycles. The van der Waals surface area contributed by atoms with Gasteiger partial charge in [-0.3, -0.25) is 4.68 Å². The van der Waals surface area contributed by atoms with Crippen LogP contribution in [0.25, 0.3) is 0 Å². The van der Waals surface area contributed by atoms with Crippen molar-refractivity contribution in [3.8, 4) is 0 Å². The normalized spacial score (nSPS) is 16.1. The second-order valence-corrected chi connectivity index (χ2v) is 5.61. The maximum atomic E-state index is 12.2. The van der Waals surface area contributed by atoms with Crippen molar-refractivity contribution in [3.63, 3.8) is 0 Å². The predicted molar refractivity (Wildman–Crippen MR) is 73.4 cm³/mol. The van der Waals surface area contributed by atoms with E-state index in [4.69, 9.17) is 4.74 Å². The van der Waals surface area contributed by atoms with Gasteiger partial charge in [-0.05, 0) is 34.3 Å². The molecule has 0 saturated heterocycles. The monoisotopic (exact) mass is 320 g/mol. The summed E-state index contributed by atoms with van der Waals surface area (Å²) in [7, 11) is 0. The molecule has 2 aromatic rings. The van der Waals surface area contributed by atoms with Gasteiger partial charge in [-0.1, -0.05) is 30.3 Å². The van der Waals surface area contributed by atoms with E-state index in [2.05, 4.69) is 21.0 Å². The topological polar surface area (TPSA) is 44.1 Å². The summed E-state index contributed by atoms with van der Waals surface area (Å²) in [5.74, 6) is -0.202. The third-order valence-corrected chi connectivity index (χ3v) is 3.72. The number of aromatic nitrogens is 2. The summed E-state index contributed by atoms with van der Waals surface area (Å²) in [6.07, 6.45) is 5.07. The van der Waals surface area contributed by atoms with Crippen molar-refractivity contribution >= 4 is 21.9 Å². The van der Waals surface area contributed by atoms with Gasteiger partial charge in [0.2, 0.25) is 0 Å². The molecule has 1 saturated carbocycles. The molecule has 4 nitrogen and oxygen atoms in total. The highest BCUT2D eigenvalue weighted by molar-refractivity contribution is 9.10. The largest absolute Gasteiger partial charge is 0.459 e. The molecule has 0 spiro atoms. The average molecular weight is 321 g/mol. The molecule has 0 aliphatic heterocycles. The maximum absolute atomic E-state index is 12.2. The van der Waals surface area contributed by atoms with Crippen LogP contribution in [-0.2, 0) is 21.7 Å². The Morgan fingerprint density at radius 1 is 1.37 bits per heavy atom. The van der Waals surface area contributed by atoms with E-state index in [1.807, 2.05) is 36.5 Å². The van der Waals surface area contributed by atoms with Gasteiger partial charge in [-0.2, -0.15) is 5.10 Å². The molecule has 0 bridgehead atoms. The zero-order valence-electron chi connectivity index (χ0n) is 10.3. The van der Waals surface area contributed by atoms with Gasteiger partial charge >= 0.3 is 5.97 Å². The van der Waals surface area contributed by atoms with Gasteiger partial charge in [0.25, 0.3) is 0 Å². The maximum Gasteiger partial charge on any atom is 0.334 e. The van der Waals surface area contributed by atoms with E-state index in [9.17, 15) is 4.79 Å². The lowest BCUT2D eigenvalue weighted by Gasteiger charge is -2.14. The van der Waals surface area contributed by atoms with Gasteiger partial charge in [0, 0.05) is 6.20 Å². The van der Waals surface area contributed by atoms with Gasteiger partial charge in [0.15, 0.2) is 5.54 Å². The highest BCUT2D eigenvalue weighted by atomic mass is 79.9. The average Bonchev–Trinajstić information content (AvgIpc) is 3.14. The van der Waals surface area contributed by atoms with Crippen molar-refractivity contribution in [2.75, 3.05) is 0 Å². The molecular weight excluding hydrogens is 308 g/mol. The molecule has 1 aromatic carbocycles. The molecule has 0 unspecified atom stereocenters. The van der Waals surface area contributed by atoms with Crippen LogP contribution in [0.15, 0.2) is 47.2 Å². The van der Waals surface area contributed by atoms with E-state index in [1.165, 1.54) is 0 Å². The minimum Gasteiger partial charge on any atom is -0.459 e. The van der Waals surface area contributed by atoms with Crippen molar-refractivity contribution in [2.45, 2.75) is 25.0 Å². The minimum atomic E-state index is -0.583. The van der Waals surface area contributed by atoms with Crippen LogP contribution in [0, 0.1) is 0 Å². The summed E-state index contributed by atoms with van der Waals surface area (Å²) < 4.78 is 7.97. The lowest BCUT2D eigenvalue weighted by molar-refractivity contribution is -0.151. The van der Waals surface area contributed by atoms with E-state index >= 15 is 0 Å². The summed E-state index contributed by atoms with van der Waals surface area (Å²) in [4.78, 5) is 12.2. The predicted octanol–water partition coefficient (Wildman–Crippen LogP) is 2.88. The summed E-state index contributed by atoms with van der Waals surface area (Å²) in [6, 6.07) is 9.69. The minimum absolute atomic E-state index is 0.202. The molecule has 0 N–H and O–H groups in total. The number of esters is 1. The van der Waals surface area contributed by atoms with E-state index in [-0.39, 0.29) is 5.97 Å². The number of hydrogen-bond acceptors (Lipinski definition) is 3. The highest BCUT2D eigenvalue weighted by Gasteiger charge is 2.54. The highest BCUT2D eigenvalue weighted by Crippen LogP contribution is 2.44. The lowest BCUT2D eigenvalue weighted by Crippen LogP contribution is -2.30. The third kappa shape index (κ3) is 2.42. The second-order valence-electron chi connectivity index (χ2n) is 4.70. The number of nitrogens with zero attached hydrogens (tertiary/aromatic N) is 2. The first kappa shape index (κ1) is 12.4. The Bertz CT molecular complexity index is 591. The fraction of sp³-hybridized carbons (Fsp3) is 0.286. The number of hydrogen-bond donors (Lipinski definition) is 0.